The van der Waals surface area contributed by atoms with Gasteiger partial charge in [0.15, 0.2) is 12.4 Å². The number of furan rings is 1. The number of amides is 2. The molecule has 0 fully saturated rings. The minimum atomic E-state index is -0.335. The third-order valence-corrected chi connectivity index (χ3v) is 3.74. The molecule has 0 spiro atoms. The van der Waals surface area contributed by atoms with Gasteiger partial charge in [-0.3, -0.25) is 9.59 Å². The van der Waals surface area contributed by atoms with Gasteiger partial charge in [0, 0.05) is 11.4 Å². The lowest BCUT2D eigenvalue weighted by atomic mass is 10.1. The number of anilines is 2. The van der Waals surface area contributed by atoms with Gasteiger partial charge in [-0.25, -0.2) is 0 Å². The first kappa shape index (κ1) is 18.3. The monoisotopic (exact) mass is 364 g/mol. The third-order valence-electron chi connectivity index (χ3n) is 3.74. The average molecular weight is 364 g/mol. The van der Waals surface area contributed by atoms with E-state index in [1.54, 1.807) is 36.4 Å². The second-order valence-electron chi connectivity index (χ2n) is 6.17. The second kappa shape index (κ2) is 8.23. The summed E-state index contributed by atoms with van der Waals surface area (Å²) < 4.78 is 10.6. The highest BCUT2D eigenvalue weighted by molar-refractivity contribution is 6.02. The molecule has 0 aliphatic heterocycles. The zero-order valence-corrected chi connectivity index (χ0v) is 15.1. The molecule has 0 saturated heterocycles. The minimum Gasteiger partial charge on any atom is -0.484 e. The third kappa shape index (κ3) is 5.22. The van der Waals surface area contributed by atoms with Crippen LogP contribution in [0.5, 0.6) is 5.75 Å². The van der Waals surface area contributed by atoms with Crippen LogP contribution in [0.15, 0.2) is 65.3 Å². The molecule has 1 heterocycles. The summed E-state index contributed by atoms with van der Waals surface area (Å²) in [7, 11) is 0. The Balaban J connectivity index is 1.51. The molecule has 6 heteroatoms. The van der Waals surface area contributed by atoms with E-state index in [4.69, 9.17) is 9.15 Å². The number of carbonyl (C=O) groups excluding carboxylic acids is 2. The maximum absolute atomic E-state index is 12.1. The summed E-state index contributed by atoms with van der Waals surface area (Å²) >= 11 is 0. The molecule has 0 unspecified atom stereocenters. The van der Waals surface area contributed by atoms with Crippen molar-refractivity contribution in [3.05, 3.63) is 77.7 Å². The van der Waals surface area contributed by atoms with Crippen LogP contribution in [-0.4, -0.2) is 18.4 Å². The predicted molar refractivity (Wildman–Crippen MR) is 103 cm³/mol. The fourth-order valence-electron chi connectivity index (χ4n) is 2.60. The molecule has 3 aromatic rings. The highest BCUT2D eigenvalue weighted by atomic mass is 16.5. The van der Waals surface area contributed by atoms with Gasteiger partial charge in [0.2, 0.25) is 0 Å². The van der Waals surface area contributed by atoms with Crippen molar-refractivity contribution in [1.29, 1.82) is 0 Å². The lowest BCUT2D eigenvalue weighted by Crippen LogP contribution is -2.20. The highest BCUT2D eigenvalue weighted by Crippen LogP contribution is 2.17. The molecule has 3 rings (SSSR count). The van der Waals surface area contributed by atoms with Gasteiger partial charge >= 0.3 is 0 Å². The fourth-order valence-corrected chi connectivity index (χ4v) is 2.60. The molecule has 0 aliphatic carbocycles. The summed E-state index contributed by atoms with van der Waals surface area (Å²) in [5.41, 5.74) is 3.37. The van der Waals surface area contributed by atoms with Crippen LogP contribution in [0.4, 0.5) is 11.4 Å². The van der Waals surface area contributed by atoms with Crippen molar-refractivity contribution in [3.63, 3.8) is 0 Å². The molecule has 6 nitrogen and oxygen atoms in total. The van der Waals surface area contributed by atoms with E-state index in [0.29, 0.717) is 17.1 Å². The van der Waals surface area contributed by atoms with Crippen molar-refractivity contribution in [2.24, 2.45) is 0 Å². The number of hydrogen-bond donors (Lipinski definition) is 2. The van der Waals surface area contributed by atoms with E-state index in [-0.39, 0.29) is 24.2 Å². The molecule has 0 saturated carbocycles. The Labute approximate surface area is 157 Å². The summed E-state index contributed by atoms with van der Waals surface area (Å²) in [6, 6.07) is 15.8. The molecule has 0 bridgehead atoms. The summed E-state index contributed by atoms with van der Waals surface area (Å²) in [4.78, 5) is 24.0. The van der Waals surface area contributed by atoms with Crippen molar-refractivity contribution >= 4 is 23.2 Å². The molecule has 2 aromatic carbocycles. The van der Waals surface area contributed by atoms with Gasteiger partial charge in [0.05, 0.1) is 6.26 Å². The lowest BCUT2D eigenvalue weighted by molar-refractivity contribution is -0.118. The molecule has 0 radical (unpaired) electrons. The van der Waals surface area contributed by atoms with E-state index in [0.717, 1.165) is 11.1 Å². The Morgan fingerprint density at radius 2 is 1.56 bits per heavy atom. The van der Waals surface area contributed by atoms with Crippen LogP contribution in [0.2, 0.25) is 0 Å². The molecule has 2 N–H and O–H groups in total. The van der Waals surface area contributed by atoms with Gasteiger partial charge in [-0.05, 0) is 73.5 Å². The average Bonchev–Trinajstić information content (AvgIpc) is 3.16. The Bertz CT molecular complexity index is 911. The van der Waals surface area contributed by atoms with Gasteiger partial charge in [-0.1, -0.05) is 6.07 Å². The van der Waals surface area contributed by atoms with E-state index in [1.807, 2.05) is 32.0 Å². The van der Waals surface area contributed by atoms with Gasteiger partial charge < -0.3 is 19.8 Å². The maximum Gasteiger partial charge on any atom is 0.291 e. The first-order valence-corrected chi connectivity index (χ1v) is 8.45. The second-order valence-corrected chi connectivity index (χ2v) is 6.17. The number of ether oxygens (including phenoxy) is 1. The number of hydrogen-bond acceptors (Lipinski definition) is 4. The normalized spacial score (nSPS) is 10.3. The Morgan fingerprint density at radius 1 is 0.926 bits per heavy atom. The predicted octanol–water partition coefficient (Wildman–Crippen LogP) is 4.17. The van der Waals surface area contributed by atoms with Crippen LogP contribution in [0, 0.1) is 13.8 Å². The largest absolute Gasteiger partial charge is 0.484 e. The summed E-state index contributed by atoms with van der Waals surface area (Å²) in [5, 5.41) is 5.47. The first-order valence-electron chi connectivity index (χ1n) is 8.45. The van der Waals surface area contributed by atoms with Crippen LogP contribution >= 0.6 is 0 Å². The molecule has 2 amide bonds. The van der Waals surface area contributed by atoms with Crippen LogP contribution in [0.3, 0.4) is 0 Å². The molecule has 1 aromatic heterocycles. The number of aryl methyl sites for hydroxylation is 2. The number of carbonyl (C=O) groups is 2. The topological polar surface area (TPSA) is 80.6 Å². The van der Waals surface area contributed by atoms with Crippen LogP contribution in [0.25, 0.3) is 0 Å². The van der Waals surface area contributed by atoms with E-state index in [1.165, 1.54) is 6.26 Å². The zero-order valence-electron chi connectivity index (χ0n) is 15.1. The smallest absolute Gasteiger partial charge is 0.291 e. The SMILES string of the molecule is Cc1cc(C)cc(OCC(=O)Nc2ccc(NC(=O)c3ccco3)cc2)c1. The van der Waals surface area contributed by atoms with Crippen LogP contribution in [-0.2, 0) is 4.79 Å². The van der Waals surface area contributed by atoms with Crippen molar-refractivity contribution in [1.82, 2.24) is 0 Å². The van der Waals surface area contributed by atoms with Crippen molar-refractivity contribution in [2.45, 2.75) is 13.8 Å². The maximum atomic E-state index is 12.1. The standard InChI is InChI=1S/C21H20N2O4/c1-14-10-15(2)12-18(11-14)27-13-20(24)22-16-5-7-17(8-6-16)23-21(25)19-4-3-9-26-19/h3-12H,13H2,1-2H3,(H,22,24)(H,23,25). The Kier molecular flexibility index (Phi) is 5.56. The van der Waals surface area contributed by atoms with Gasteiger partial charge in [-0.15, -0.1) is 0 Å². The minimum absolute atomic E-state index is 0.0835. The quantitative estimate of drug-likeness (QED) is 0.688. The van der Waals surface area contributed by atoms with Crippen LogP contribution in [0.1, 0.15) is 21.7 Å². The highest BCUT2D eigenvalue weighted by Gasteiger charge is 2.09. The molecule has 27 heavy (non-hydrogen) atoms. The van der Waals surface area contributed by atoms with Crippen molar-refractivity contribution in [3.8, 4) is 5.75 Å². The molecular weight excluding hydrogens is 344 g/mol. The van der Waals surface area contributed by atoms with E-state index in [2.05, 4.69) is 10.6 Å². The van der Waals surface area contributed by atoms with E-state index in [9.17, 15) is 9.59 Å². The summed E-state index contributed by atoms with van der Waals surface area (Å²) in [5.74, 6) is 0.301. The van der Waals surface area contributed by atoms with E-state index < -0.39 is 0 Å². The summed E-state index contributed by atoms with van der Waals surface area (Å²) in [6.07, 6.45) is 1.44. The first-order chi connectivity index (χ1) is 13.0. The Morgan fingerprint density at radius 3 is 2.15 bits per heavy atom. The van der Waals surface area contributed by atoms with Crippen LogP contribution < -0.4 is 15.4 Å². The Hall–Kier alpha value is -3.54. The molecule has 0 aliphatic rings. The molecule has 138 valence electrons. The fraction of sp³-hybridized carbons (Fsp3) is 0.143. The summed E-state index contributed by atoms with van der Waals surface area (Å²) in [6.45, 7) is 3.87. The van der Waals surface area contributed by atoms with Gasteiger partial charge in [-0.2, -0.15) is 0 Å². The van der Waals surface area contributed by atoms with Gasteiger partial charge in [0.1, 0.15) is 5.75 Å². The van der Waals surface area contributed by atoms with E-state index >= 15 is 0 Å². The number of benzene rings is 2. The molecular formula is C21H20N2O4. The lowest BCUT2D eigenvalue weighted by Gasteiger charge is -2.10. The number of rotatable bonds is 6. The molecule has 0 atom stereocenters. The zero-order chi connectivity index (χ0) is 19.2. The van der Waals surface area contributed by atoms with Gasteiger partial charge in [0.25, 0.3) is 11.8 Å². The van der Waals surface area contributed by atoms with Crippen molar-refractivity contribution < 1.29 is 18.7 Å². The number of nitrogens with one attached hydrogen (secondary N) is 2. The van der Waals surface area contributed by atoms with Crippen molar-refractivity contribution in [2.75, 3.05) is 17.2 Å².